The predicted molar refractivity (Wildman–Crippen MR) is 134 cm³/mol. The third-order valence-corrected chi connectivity index (χ3v) is 7.07. The second-order valence-electron chi connectivity index (χ2n) is 8.25. The molecule has 3 amide bonds. The van der Waals surface area contributed by atoms with E-state index in [0.29, 0.717) is 29.2 Å². The van der Waals surface area contributed by atoms with E-state index in [1.807, 2.05) is 60.0 Å². The Hall–Kier alpha value is -3.20. The first-order valence-electron chi connectivity index (χ1n) is 11.3. The maximum absolute atomic E-state index is 12.9. The molecule has 2 aromatic rings. The Morgan fingerprint density at radius 2 is 1.71 bits per heavy atom. The van der Waals surface area contributed by atoms with Gasteiger partial charge in [-0.15, -0.1) is 0 Å². The first kappa shape index (κ1) is 23.9. The van der Waals surface area contributed by atoms with Crippen LogP contribution in [0.4, 0.5) is 4.79 Å². The summed E-state index contributed by atoms with van der Waals surface area (Å²) < 4.78 is 11.1. The molecule has 0 aromatic heterocycles. The molecule has 2 aliphatic heterocycles. The average molecular weight is 483 g/mol. The Balaban J connectivity index is 1.77. The van der Waals surface area contributed by atoms with Crippen molar-refractivity contribution < 1.29 is 19.1 Å². The van der Waals surface area contributed by atoms with E-state index in [0.717, 1.165) is 41.3 Å². The highest BCUT2D eigenvalue weighted by Crippen LogP contribution is 2.34. The van der Waals surface area contributed by atoms with E-state index in [1.54, 1.807) is 21.3 Å². The van der Waals surface area contributed by atoms with Crippen LogP contribution >= 0.6 is 11.8 Å². The number of thioether (sulfide) groups is 1. The van der Waals surface area contributed by atoms with Crippen molar-refractivity contribution in [2.45, 2.75) is 19.4 Å². The fourth-order valence-electron chi connectivity index (χ4n) is 4.27. The van der Waals surface area contributed by atoms with E-state index in [4.69, 9.17) is 14.6 Å². The van der Waals surface area contributed by atoms with Gasteiger partial charge >= 0.3 is 6.03 Å². The van der Waals surface area contributed by atoms with Gasteiger partial charge in [-0.1, -0.05) is 12.1 Å². The first-order chi connectivity index (χ1) is 16.5. The Morgan fingerprint density at radius 3 is 2.32 bits per heavy atom. The third kappa shape index (κ3) is 4.70. The fourth-order valence-corrected chi connectivity index (χ4v) is 5.17. The topological polar surface area (TPSA) is 83.5 Å². The molecule has 1 N–H and O–H groups in total. The second kappa shape index (κ2) is 10.4. The van der Waals surface area contributed by atoms with Crippen LogP contribution in [-0.2, 0) is 6.42 Å². The number of benzene rings is 2. The van der Waals surface area contributed by atoms with Crippen LogP contribution in [0.1, 0.15) is 34.0 Å². The van der Waals surface area contributed by atoms with Crippen LogP contribution in [0.25, 0.3) is 0 Å². The third-order valence-electron chi connectivity index (χ3n) is 6.13. The van der Waals surface area contributed by atoms with Gasteiger partial charge in [-0.05, 0) is 43.2 Å². The summed E-state index contributed by atoms with van der Waals surface area (Å²) in [6.45, 7) is 3.50. The highest BCUT2D eigenvalue weighted by atomic mass is 32.2. The van der Waals surface area contributed by atoms with E-state index in [-0.39, 0.29) is 18.0 Å². The summed E-state index contributed by atoms with van der Waals surface area (Å²) in [6, 6.07) is 10.8. The van der Waals surface area contributed by atoms with Gasteiger partial charge in [-0.3, -0.25) is 4.79 Å². The summed E-state index contributed by atoms with van der Waals surface area (Å²) in [6.07, 6.45) is 0.597. The number of rotatable bonds is 4. The normalized spacial score (nSPS) is 17.9. The molecule has 0 saturated carbocycles. The number of urea groups is 1. The molecule has 0 aliphatic carbocycles. The molecule has 0 radical (unpaired) electrons. The number of carbonyl (C=O) groups excluding carboxylic acids is 2. The molecule has 9 heteroatoms. The number of hydrogen-bond donors (Lipinski definition) is 1. The quantitative estimate of drug-likeness (QED) is 0.724. The summed E-state index contributed by atoms with van der Waals surface area (Å²) in [5.41, 5.74) is 3.96. The summed E-state index contributed by atoms with van der Waals surface area (Å²) in [5.74, 6) is 3.19. The molecule has 0 spiro atoms. The number of carbonyl (C=O) groups is 2. The summed E-state index contributed by atoms with van der Waals surface area (Å²) in [4.78, 5) is 27.4. The molecule has 0 unspecified atom stereocenters. The molecule has 2 aromatic carbocycles. The molecule has 180 valence electrons. The number of nitrogens with one attached hydrogen (secondary N) is 1. The van der Waals surface area contributed by atoms with Gasteiger partial charge in [0.05, 0.1) is 26.0 Å². The maximum atomic E-state index is 12.9. The smallest absolute Gasteiger partial charge is 0.337 e. The van der Waals surface area contributed by atoms with Crippen LogP contribution in [0.3, 0.4) is 0 Å². The van der Waals surface area contributed by atoms with Crippen LogP contribution in [0.2, 0.25) is 0 Å². The molecule has 1 atom stereocenters. The van der Waals surface area contributed by atoms with Crippen LogP contribution in [0.15, 0.2) is 41.5 Å². The predicted octanol–water partition coefficient (Wildman–Crippen LogP) is 3.23. The standard InChI is InChI=1S/C25H30N4O4S/c1-16-13-19-14-21(32-3)22(33-4)15-20(19)23(27-29(16)25(31)26-2)17-5-7-18(8-6-17)24(30)28-9-11-34-12-10-28/h5-8,14-16H,9-13H2,1-4H3,(H,26,31)/t16-/m1/s1. The number of methoxy groups -OCH3 is 2. The zero-order valence-corrected chi connectivity index (χ0v) is 20.8. The molecule has 2 aliphatic rings. The zero-order valence-electron chi connectivity index (χ0n) is 20.0. The average Bonchev–Trinajstić information content (AvgIpc) is 3.03. The largest absolute Gasteiger partial charge is 0.493 e. The van der Waals surface area contributed by atoms with Gasteiger partial charge in [-0.25, -0.2) is 9.80 Å². The van der Waals surface area contributed by atoms with Gasteiger partial charge in [0.1, 0.15) is 0 Å². The van der Waals surface area contributed by atoms with E-state index in [1.165, 1.54) is 5.01 Å². The van der Waals surface area contributed by atoms with Crippen molar-refractivity contribution in [1.82, 2.24) is 15.2 Å². The maximum Gasteiger partial charge on any atom is 0.337 e. The second-order valence-corrected chi connectivity index (χ2v) is 9.47. The van der Waals surface area contributed by atoms with Crippen molar-refractivity contribution in [3.8, 4) is 11.5 Å². The van der Waals surface area contributed by atoms with Crippen molar-refractivity contribution >= 4 is 29.4 Å². The molecule has 34 heavy (non-hydrogen) atoms. The van der Waals surface area contributed by atoms with Gasteiger partial charge in [0.15, 0.2) is 11.5 Å². The first-order valence-corrected chi connectivity index (χ1v) is 12.4. The minimum atomic E-state index is -0.286. The lowest BCUT2D eigenvalue weighted by Crippen LogP contribution is -2.41. The SMILES string of the molecule is CNC(=O)N1N=C(c2ccc(C(=O)N3CCSCC3)cc2)c2cc(OC)c(OC)cc2C[C@H]1C. The van der Waals surface area contributed by atoms with E-state index >= 15 is 0 Å². The van der Waals surface area contributed by atoms with E-state index in [2.05, 4.69) is 5.32 Å². The highest BCUT2D eigenvalue weighted by molar-refractivity contribution is 7.99. The van der Waals surface area contributed by atoms with E-state index < -0.39 is 0 Å². The van der Waals surface area contributed by atoms with Crippen molar-refractivity contribution in [3.05, 3.63) is 58.7 Å². The van der Waals surface area contributed by atoms with Gasteiger partial charge < -0.3 is 19.7 Å². The molecular formula is C25H30N4O4S. The van der Waals surface area contributed by atoms with Gasteiger partial charge in [0.25, 0.3) is 5.91 Å². The number of amides is 3. The van der Waals surface area contributed by atoms with Crippen LogP contribution in [0, 0.1) is 0 Å². The Morgan fingerprint density at radius 1 is 1.06 bits per heavy atom. The molecule has 1 saturated heterocycles. The summed E-state index contributed by atoms with van der Waals surface area (Å²) >= 11 is 1.87. The summed E-state index contributed by atoms with van der Waals surface area (Å²) in [7, 11) is 4.79. The number of fused-ring (bicyclic) bond motifs is 1. The number of hydrazone groups is 1. The van der Waals surface area contributed by atoms with Gasteiger partial charge in [-0.2, -0.15) is 16.9 Å². The lowest BCUT2D eigenvalue weighted by Gasteiger charge is -2.26. The van der Waals surface area contributed by atoms with Crippen LogP contribution < -0.4 is 14.8 Å². The molecule has 2 heterocycles. The van der Waals surface area contributed by atoms with E-state index in [9.17, 15) is 9.59 Å². The Kier molecular flexibility index (Phi) is 7.31. The van der Waals surface area contributed by atoms with Crippen molar-refractivity contribution in [2.75, 3.05) is 45.9 Å². The lowest BCUT2D eigenvalue weighted by molar-refractivity contribution is 0.0772. The Bertz CT molecular complexity index is 1100. The highest BCUT2D eigenvalue weighted by Gasteiger charge is 2.28. The van der Waals surface area contributed by atoms with Crippen molar-refractivity contribution in [2.24, 2.45) is 5.10 Å². The fraction of sp³-hybridized carbons (Fsp3) is 0.400. The monoisotopic (exact) mass is 482 g/mol. The minimum Gasteiger partial charge on any atom is -0.493 e. The Labute approximate surface area is 204 Å². The minimum absolute atomic E-state index is 0.0436. The van der Waals surface area contributed by atoms with Crippen LogP contribution in [-0.4, -0.2) is 79.5 Å². The number of hydrogen-bond acceptors (Lipinski definition) is 6. The van der Waals surface area contributed by atoms with Crippen molar-refractivity contribution in [1.29, 1.82) is 0 Å². The number of nitrogens with zero attached hydrogens (tertiary/aromatic N) is 3. The molecule has 1 fully saturated rings. The molecular weight excluding hydrogens is 452 g/mol. The lowest BCUT2D eigenvalue weighted by atomic mass is 9.93. The zero-order chi connectivity index (χ0) is 24.2. The van der Waals surface area contributed by atoms with Gasteiger partial charge in [0, 0.05) is 48.3 Å². The van der Waals surface area contributed by atoms with Crippen molar-refractivity contribution in [3.63, 3.8) is 0 Å². The molecule has 0 bridgehead atoms. The number of ether oxygens (including phenoxy) is 2. The molecule has 4 rings (SSSR count). The van der Waals surface area contributed by atoms with Gasteiger partial charge in [0.2, 0.25) is 0 Å². The molecule has 8 nitrogen and oxygen atoms in total. The summed E-state index contributed by atoms with van der Waals surface area (Å²) in [5, 5.41) is 8.92. The van der Waals surface area contributed by atoms with Crippen LogP contribution in [0.5, 0.6) is 11.5 Å².